The van der Waals surface area contributed by atoms with Crippen molar-refractivity contribution in [3.05, 3.63) is 30.6 Å². The number of aromatic nitrogens is 1. The van der Waals surface area contributed by atoms with Crippen molar-refractivity contribution in [3.63, 3.8) is 0 Å². The molecule has 11 heavy (non-hydrogen) atoms. The molecule has 0 fully saturated rings. The van der Waals surface area contributed by atoms with Gasteiger partial charge < -0.3 is 10.1 Å². The average molecular weight is 145 g/mol. The summed E-state index contributed by atoms with van der Waals surface area (Å²) in [5, 5.41) is 7.42. The molecule has 0 aromatic carbocycles. The van der Waals surface area contributed by atoms with Crippen LogP contribution in [-0.4, -0.2) is 16.1 Å². The number of carbonyl (C=O) groups is 1. The molecule has 1 rings (SSSR count). The number of hydrogen-bond acceptors (Lipinski definition) is 2. The number of rotatable bonds is 0. The van der Waals surface area contributed by atoms with Gasteiger partial charge in [0.15, 0.2) is 0 Å². The molecule has 1 heterocycles. The van der Waals surface area contributed by atoms with Gasteiger partial charge in [-0.05, 0) is 0 Å². The number of aliphatic carboxylic acids is 1. The summed E-state index contributed by atoms with van der Waals surface area (Å²) in [6.45, 7) is 1.08. The van der Waals surface area contributed by atoms with Crippen LogP contribution in [0.15, 0.2) is 24.5 Å². The molecule has 54 valence electrons. The van der Waals surface area contributed by atoms with E-state index in [9.17, 15) is 0 Å². The Bertz CT molecular complexity index is 148. The molecule has 4 heteroatoms. The molecule has 1 aromatic heterocycles. The van der Waals surface area contributed by atoms with Gasteiger partial charge in [-0.3, -0.25) is 4.79 Å². The van der Waals surface area contributed by atoms with Crippen LogP contribution in [0.3, 0.4) is 0 Å². The van der Waals surface area contributed by atoms with Crippen LogP contribution in [0.2, 0.25) is 0 Å². The topological polar surface area (TPSA) is 50.2 Å². The van der Waals surface area contributed by atoms with Gasteiger partial charge in [0.1, 0.15) is 0 Å². The molecule has 0 atom stereocenters. The van der Waals surface area contributed by atoms with E-state index in [2.05, 4.69) is 11.1 Å². The second kappa shape index (κ2) is 9.22. The van der Waals surface area contributed by atoms with Crippen molar-refractivity contribution in [3.8, 4) is 0 Å². The Labute approximate surface area is 77.6 Å². The Morgan fingerprint density at radius 3 is 2.27 bits per heavy atom. The second-order valence-corrected chi connectivity index (χ2v) is 1.47. The van der Waals surface area contributed by atoms with E-state index in [0.29, 0.717) is 0 Å². The minimum absolute atomic E-state index is 0. The summed E-state index contributed by atoms with van der Waals surface area (Å²) in [7, 11) is 0. The molecule has 0 bridgehead atoms. The van der Waals surface area contributed by atoms with E-state index in [1.807, 2.05) is 12.1 Å². The number of carboxylic acids is 1. The third-order valence-corrected chi connectivity index (χ3v) is 0.514. The average Bonchev–Trinajstić information content (AvgIpc) is 1.90. The van der Waals surface area contributed by atoms with Crippen molar-refractivity contribution in [2.24, 2.45) is 0 Å². The molecule has 0 aliphatic heterocycles. The van der Waals surface area contributed by atoms with Crippen molar-refractivity contribution in [2.45, 2.75) is 6.92 Å². The number of pyridine rings is 1. The molecule has 1 N–H and O–H groups in total. The molecule has 0 saturated heterocycles. The van der Waals surface area contributed by atoms with Gasteiger partial charge in [0.05, 0.1) is 0 Å². The van der Waals surface area contributed by atoms with E-state index in [1.54, 1.807) is 12.4 Å². The summed E-state index contributed by atoms with van der Waals surface area (Å²) in [5.74, 6) is -0.833. The minimum atomic E-state index is -0.833. The summed E-state index contributed by atoms with van der Waals surface area (Å²) in [4.78, 5) is 12.7. The van der Waals surface area contributed by atoms with Crippen molar-refractivity contribution in [2.75, 3.05) is 0 Å². The van der Waals surface area contributed by atoms with Crippen LogP contribution < -0.4 is 18.9 Å². The zero-order valence-corrected chi connectivity index (χ0v) is 6.61. The molecule has 0 aliphatic carbocycles. The van der Waals surface area contributed by atoms with E-state index in [0.717, 1.165) is 6.92 Å². The predicted octanol–water partition coefficient (Wildman–Crippen LogP) is -2.02. The first-order chi connectivity index (χ1) is 4.73. The van der Waals surface area contributed by atoms with Crippen LogP contribution in [0.25, 0.3) is 0 Å². The van der Waals surface area contributed by atoms with E-state index >= 15 is 0 Å². The van der Waals surface area contributed by atoms with Crippen molar-refractivity contribution < 1.29 is 28.8 Å². The zero-order valence-electron chi connectivity index (χ0n) is 6.61. The van der Waals surface area contributed by atoms with Crippen LogP contribution in [0, 0.1) is 6.07 Å². The second-order valence-electron chi connectivity index (χ2n) is 1.47. The SMILES string of the molecule is CC(=O)O.[Li+].[c-]1cccnc1. The smallest absolute Gasteiger partial charge is 0.481 e. The fraction of sp³-hybridized carbons (Fsp3) is 0.143. The van der Waals surface area contributed by atoms with Gasteiger partial charge in [-0.2, -0.15) is 6.07 Å². The molecule has 0 spiro atoms. The van der Waals surface area contributed by atoms with Crippen LogP contribution in [-0.2, 0) is 4.79 Å². The summed E-state index contributed by atoms with van der Waals surface area (Å²) in [6, 6.07) is 6.43. The minimum Gasteiger partial charge on any atom is -0.481 e. The van der Waals surface area contributed by atoms with Gasteiger partial charge in [0.25, 0.3) is 5.97 Å². The molecule has 0 amide bonds. The molecule has 3 nitrogen and oxygen atoms in total. The van der Waals surface area contributed by atoms with Gasteiger partial charge >= 0.3 is 18.9 Å². The number of hydrogen-bond donors (Lipinski definition) is 1. The Morgan fingerprint density at radius 1 is 1.64 bits per heavy atom. The first-order valence-electron chi connectivity index (χ1n) is 2.69. The fourth-order valence-electron chi connectivity index (χ4n) is 0.277. The third kappa shape index (κ3) is 17.6. The predicted molar refractivity (Wildman–Crippen MR) is 36.4 cm³/mol. The van der Waals surface area contributed by atoms with E-state index in [-0.39, 0.29) is 18.9 Å². The van der Waals surface area contributed by atoms with Crippen LogP contribution >= 0.6 is 0 Å². The van der Waals surface area contributed by atoms with E-state index < -0.39 is 5.97 Å². The standard InChI is InChI=1S/C5H4N.C2H4O2.Li/c1-2-4-6-5-3-1;1-2(3)4;/h1-2,4-5H;1H3,(H,3,4);/q-1;;+1. The van der Waals surface area contributed by atoms with E-state index in [4.69, 9.17) is 9.90 Å². The zero-order chi connectivity index (χ0) is 7.82. The summed E-state index contributed by atoms with van der Waals surface area (Å²) in [6.07, 6.45) is 3.34. The maximum absolute atomic E-state index is 9.00. The van der Waals surface area contributed by atoms with Crippen molar-refractivity contribution >= 4 is 5.97 Å². The quantitative estimate of drug-likeness (QED) is 0.338. The normalized spacial score (nSPS) is 6.64. The maximum atomic E-state index is 9.00. The first kappa shape index (κ1) is 12.9. The Morgan fingerprint density at radius 2 is 2.18 bits per heavy atom. The van der Waals surface area contributed by atoms with Gasteiger partial charge in [-0.1, -0.05) is 12.4 Å². The molecule has 0 unspecified atom stereocenters. The van der Waals surface area contributed by atoms with Gasteiger partial charge in [-0.15, -0.1) is 0 Å². The van der Waals surface area contributed by atoms with Gasteiger partial charge in [0.2, 0.25) is 0 Å². The summed E-state index contributed by atoms with van der Waals surface area (Å²) < 4.78 is 0. The Hall–Kier alpha value is -0.783. The van der Waals surface area contributed by atoms with Gasteiger partial charge in [0, 0.05) is 6.92 Å². The third-order valence-electron chi connectivity index (χ3n) is 0.514. The molecule has 0 radical (unpaired) electrons. The largest absolute Gasteiger partial charge is 1.00 e. The van der Waals surface area contributed by atoms with E-state index in [1.165, 1.54) is 0 Å². The number of carboxylic acid groups (broad SMARTS) is 1. The Kier molecular flexibility index (Phi) is 10.8. The summed E-state index contributed by atoms with van der Waals surface area (Å²) in [5.41, 5.74) is 0. The van der Waals surface area contributed by atoms with Crippen LogP contribution in [0.4, 0.5) is 0 Å². The number of nitrogens with zero attached hydrogens (tertiary/aromatic N) is 1. The molecular weight excluding hydrogens is 137 g/mol. The van der Waals surface area contributed by atoms with Crippen LogP contribution in [0.5, 0.6) is 0 Å². The van der Waals surface area contributed by atoms with Gasteiger partial charge in [-0.25, -0.2) is 12.1 Å². The first-order valence-corrected chi connectivity index (χ1v) is 2.69. The maximum Gasteiger partial charge on any atom is 1.00 e. The molecule has 0 aliphatic rings. The van der Waals surface area contributed by atoms with Crippen molar-refractivity contribution in [1.82, 2.24) is 4.98 Å². The van der Waals surface area contributed by atoms with Crippen molar-refractivity contribution in [1.29, 1.82) is 0 Å². The monoisotopic (exact) mass is 145 g/mol. The molecular formula is C7H8LiNO2. The Balaban J connectivity index is 0. The fourth-order valence-corrected chi connectivity index (χ4v) is 0.277. The molecule has 1 aromatic rings. The van der Waals surface area contributed by atoms with Crippen LogP contribution in [0.1, 0.15) is 6.92 Å². The summed E-state index contributed by atoms with van der Waals surface area (Å²) >= 11 is 0. The molecule has 0 saturated carbocycles.